The second-order valence-corrected chi connectivity index (χ2v) is 9.98. The molecule has 6 N–H and O–H groups in total. The number of phenolic OH excluding ortho intramolecular Hbond substituents is 1. The molecule has 2 rings (SSSR count). The number of hydrogen-bond donors (Lipinski definition) is 6. The van der Waals surface area contributed by atoms with E-state index in [0.717, 1.165) is 13.0 Å². The number of nitrogens with one attached hydrogen (secondary N) is 4. The molecule has 0 aliphatic carbocycles. The lowest BCUT2D eigenvalue weighted by Crippen LogP contribution is -2.58. The number of carbonyl (C=O) groups excluding carboxylic acids is 3. The van der Waals surface area contributed by atoms with E-state index in [9.17, 15) is 29.4 Å². The molecule has 0 bridgehead atoms. The molecule has 10 nitrogen and oxygen atoms in total. The number of aliphatic carboxylic acids is 1. The Morgan fingerprint density at radius 2 is 1.71 bits per heavy atom. The van der Waals surface area contributed by atoms with Crippen LogP contribution in [0, 0.1) is 5.92 Å². The van der Waals surface area contributed by atoms with Crippen molar-refractivity contribution in [3.63, 3.8) is 0 Å². The second kappa shape index (κ2) is 13.9. The van der Waals surface area contributed by atoms with Crippen molar-refractivity contribution < 1.29 is 29.4 Å². The lowest BCUT2D eigenvalue weighted by atomic mass is 10.00. The van der Waals surface area contributed by atoms with E-state index in [2.05, 4.69) is 21.3 Å². The van der Waals surface area contributed by atoms with Gasteiger partial charge in [0.15, 0.2) is 0 Å². The van der Waals surface area contributed by atoms with Crippen LogP contribution < -0.4 is 21.3 Å². The first kappa shape index (κ1) is 28.4. The van der Waals surface area contributed by atoms with Crippen LogP contribution in [-0.2, 0) is 25.6 Å². The third-order valence-corrected chi connectivity index (χ3v) is 6.50. The topological polar surface area (TPSA) is 157 Å². The molecule has 0 saturated carbocycles. The maximum absolute atomic E-state index is 13.2. The smallest absolute Gasteiger partial charge is 0.326 e. The number of thioether (sulfide) groups is 1. The maximum atomic E-state index is 13.2. The van der Waals surface area contributed by atoms with E-state index in [1.54, 1.807) is 26.0 Å². The average Bonchev–Trinajstić information content (AvgIpc) is 3.35. The SMILES string of the molecule is CSCCC(NC(=O)C(Cc1ccc(O)cc1)NC(=O)C(NC(=O)C1CCCN1)C(C)C)C(=O)O. The van der Waals surface area contributed by atoms with Crippen LogP contribution in [0.15, 0.2) is 24.3 Å². The number of carboxylic acid groups (broad SMARTS) is 1. The summed E-state index contributed by atoms with van der Waals surface area (Å²) in [5.41, 5.74) is 0.666. The Balaban J connectivity index is 2.18. The summed E-state index contributed by atoms with van der Waals surface area (Å²) in [6.45, 7) is 4.34. The summed E-state index contributed by atoms with van der Waals surface area (Å²) < 4.78 is 0. The van der Waals surface area contributed by atoms with Gasteiger partial charge in [0.1, 0.15) is 23.9 Å². The van der Waals surface area contributed by atoms with Crippen LogP contribution in [0.1, 0.15) is 38.7 Å². The van der Waals surface area contributed by atoms with E-state index >= 15 is 0 Å². The van der Waals surface area contributed by atoms with Gasteiger partial charge in [-0.1, -0.05) is 26.0 Å². The highest BCUT2D eigenvalue weighted by atomic mass is 32.2. The fraction of sp³-hybridized carbons (Fsp3) is 0.583. The molecule has 4 atom stereocenters. The van der Waals surface area contributed by atoms with Crippen LogP contribution in [0.3, 0.4) is 0 Å². The first-order valence-electron chi connectivity index (χ1n) is 11.8. The minimum Gasteiger partial charge on any atom is -0.508 e. The zero-order valence-corrected chi connectivity index (χ0v) is 21.2. The number of aromatic hydroxyl groups is 1. The van der Waals surface area contributed by atoms with Gasteiger partial charge in [0, 0.05) is 6.42 Å². The summed E-state index contributed by atoms with van der Waals surface area (Å²) in [5, 5.41) is 30.2. The Hall–Kier alpha value is -2.79. The Bertz CT molecular complexity index is 873. The molecule has 0 aromatic heterocycles. The van der Waals surface area contributed by atoms with E-state index in [1.165, 1.54) is 23.9 Å². The van der Waals surface area contributed by atoms with Crippen molar-refractivity contribution in [1.29, 1.82) is 0 Å². The summed E-state index contributed by atoms with van der Waals surface area (Å²) in [4.78, 5) is 50.5. The van der Waals surface area contributed by atoms with E-state index in [1.807, 2.05) is 6.26 Å². The molecule has 1 aromatic rings. The molecule has 3 amide bonds. The minimum atomic E-state index is -1.15. The van der Waals surface area contributed by atoms with E-state index in [4.69, 9.17) is 0 Å². The number of hydrogen-bond acceptors (Lipinski definition) is 7. The van der Waals surface area contributed by atoms with E-state index in [0.29, 0.717) is 17.7 Å². The first-order chi connectivity index (χ1) is 16.6. The normalized spacial score (nSPS) is 17.9. The second-order valence-electron chi connectivity index (χ2n) is 8.99. The van der Waals surface area contributed by atoms with Crippen LogP contribution in [0.2, 0.25) is 0 Å². The molecule has 1 aromatic carbocycles. The van der Waals surface area contributed by atoms with Crippen molar-refractivity contribution in [3.8, 4) is 5.75 Å². The summed E-state index contributed by atoms with van der Waals surface area (Å²) in [6.07, 6.45) is 3.73. The third kappa shape index (κ3) is 9.06. The Morgan fingerprint density at radius 3 is 2.26 bits per heavy atom. The summed E-state index contributed by atoms with van der Waals surface area (Å²) in [7, 11) is 0. The van der Waals surface area contributed by atoms with Gasteiger partial charge < -0.3 is 31.5 Å². The van der Waals surface area contributed by atoms with Crippen LogP contribution in [-0.4, -0.2) is 76.6 Å². The third-order valence-electron chi connectivity index (χ3n) is 5.86. The molecule has 35 heavy (non-hydrogen) atoms. The van der Waals surface area contributed by atoms with Crippen LogP contribution >= 0.6 is 11.8 Å². The number of carboxylic acids is 1. The molecule has 4 unspecified atom stereocenters. The van der Waals surface area contributed by atoms with Gasteiger partial charge in [0.05, 0.1) is 6.04 Å². The van der Waals surface area contributed by atoms with Gasteiger partial charge in [-0.3, -0.25) is 14.4 Å². The first-order valence-corrected chi connectivity index (χ1v) is 13.2. The maximum Gasteiger partial charge on any atom is 0.326 e. The molecule has 1 heterocycles. The molecular weight excluding hydrogens is 472 g/mol. The molecule has 1 aliphatic rings. The Kier molecular flexibility index (Phi) is 11.3. The van der Waals surface area contributed by atoms with Crippen molar-refractivity contribution in [2.75, 3.05) is 18.6 Å². The zero-order chi connectivity index (χ0) is 26.0. The lowest BCUT2D eigenvalue weighted by molar-refractivity contribution is -0.142. The highest BCUT2D eigenvalue weighted by molar-refractivity contribution is 7.98. The van der Waals surface area contributed by atoms with E-state index in [-0.39, 0.29) is 36.5 Å². The van der Waals surface area contributed by atoms with Crippen molar-refractivity contribution in [2.45, 2.75) is 63.7 Å². The zero-order valence-electron chi connectivity index (χ0n) is 20.4. The van der Waals surface area contributed by atoms with Gasteiger partial charge in [0.2, 0.25) is 17.7 Å². The molecule has 0 spiro atoms. The largest absolute Gasteiger partial charge is 0.508 e. The van der Waals surface area contributed by atoms with Gasteiger partial charge in [-0.25, -0.2) is 4.79 Å². The van der Waals surface area contributed by atoms with E-state index < -0.39 is 35.9 Å². The highest BCUT2D eigenvalue weighted by Gasteiger charge is 2.32. The highest BCUT2D eigenvalue weighted by Crippen LogP contribution is 2.13. The van der Waals surface area contributed by atoms with Crippen LogP contribution in [0.5, 0.6) is 5.75 Å². The van der Waals surface area contributed by atoms with Gasteiger partial charge in [0.25, 0.3) is 0 Å². The van der Waals surface area contributed by atoms with Crippen LogP contribution in [0.25, 0.3) is 0 Å². The molecule has 1 saturated heterocycles. The fourth-order valence-corrected chi connectivity index (χ4v) is 4.27. The molecule has 194 valence electrons. The number of amides is 3. The van der Waals surface area contributed by atoms with Gasteiger partial charge in [-0.15, -0.1) is 0 Å². The van der Waals surface area contributed by atoms with Crippen molar-refractivity contribution >= 4 is 35.5 Å². The summed E-state index contributed by atoms with van der Waals surface area (Å²) >= 11 is 1.47. The lowest BCUT2D eigenvalue weighted by Gasteiger charge is -2.27. The van der Waals surface area contributed by atoms with Gasteiger partial charge in [-0.2, -0.15) is 11.8 Å². The minimum absolute atomic E-state index is 0.0601. The number of benzene rings is 1. The molecule has 11 heteroatoms. The predicted octanol–water partition coefficient (Wildman–Crippen LogP) is 0.635. The Morgan fingerprint density at radius 1 is 1.06 bits per heavy atom. The number of phenols is 1. The van der Waals surface area contributed by atoms with Crippen molar-refractivity contribution in [3.05, 3.63) is 29.8 Å². The fourth-order valence-electron chi connectivity index (χ4n) is 3.80. The van der Waals surface area contributed by atoms with Crippen molar-refractivity contribution in [1.82, 2.24) is 21.3 Å². The number of rotatable bonds is 13. The van der Waals surface area contributed by atoms with Gasteiger partial charge in [-0.05, 0) is 61.4 Å². The molecule has 0 radical (unpaired) electrons. The molecule has 1 aliphatic heterocycles. The monoisotopic (exact) mass is 508 g/mol. The number of carbonyl (C=O) groups is 4. The standard InChI is InChI=1S/C24H36N4O6S/c1-14(2)20(28-21(30)17-5-4-11-25-17)23(32)27-19(13-15-6-8-16(29)9-7-15)22(31)26-18(24(33)34)10-12-35-3/h6-9,14,17-20,25,29H,4-5,10-13H2,1-3H3,(H,26,31)(H,27,32)(H,28,30)(H,33,34). The van der Waals surface area contributed by atoms with Crippen LogP contribution in [0.4, 0.5) is 0 Å². The van der Waals surface area contributed by atoms with Gasteiger partial charge >= 0.3 is 5.97 Å². The molecule has 1 fully saturated rings. The quantitative estimate of drug-likeness (QED) is 0.227. The average molecular weight is 509 g/mol. The Labute approximate surface area is 210 Å². The predicted molar refractivity (Wildman–Crippen MR) is 134 cm³/mol. The summed E-state index contributed by atoms with van der Waals surface area (Å²) in [6, 6.07) is 2.79. The van der Waals surface area contributed by atoms with Crippen molar-refractivity contribution in [2.24, 2.45) is 5.92 Å². The summed E-state index contributed by atoms with van der Waals surface area (Å²) in [5.74, 6) is -2.22. The molecular formula is C24H36N4O6S.